The highest BCUT2D eigenvalue weighted by Crippen LogP contribution is 2.22. The molecule has 1 N–H and O–H groups in total. The first kappa shape index (κ1) is 10.3. The molecule has 0 radical (unpaired) electrons. The van der Waals surface area contributed by atoms with Crippen molar-refractivity contribution >= 4 is 0 Å². The van der Waals surface area contributed by atoms with Crippen molar-refractivity contribution < 1.29 is 9.63 Å². The Hall–Kier alpha value is -0.830. The van der Waals surface area contributed by atoms with Crippen LogP contribution in [0.4, 0.5) is 0 Å². The van der Waals surface area contributed by atoms with Gasteiger partial charge in [-0.2, -0.15) is 0 Å². The van der Waals surface area contributed by atoms with Gasteiger partial charge in [-0.25, -0.2) is 0 Å². The first-order valence-electron chi connectivity index (χ1n) is 4.61. The summed E-state index contributed by atoms with van der Waals surface area (Å²) in [5.41, 5.74) is 0.948. The standard InChI is InChI=1S/C10H17NO2/c1-10(2,3)9-7-8(11-13-9)5-4-6-12/h7,12H,4-6H2,1-3H3. The first-order chi connectivity index (χ1) is 6.04. The van der Waals surface area contributed by atoms with Crippen molar-refractivity contribution in [1.82, 2.24) is 5.16 Å². The monoisotopic (exact) mass is 183 g/mol. The second-order valence-electron chi connectivity index (χ2n) is 4.26. The molecule has 0 aliphatic rings. The Morgan fingerprint density at radius 1 is 1.46 bits per heavy atom. The lowest BCUT2D eigenvalue weighted by Gasteiger charge is -2.12. The van der Waals surface area contributed by atoms with Gasteiger partial charge in [0.05, 0.1) is 5.69 Å². The van der Waals surface area contributed by atoms with Crippen LogP contribution < -0.4 is 0 Å². The third-order valence-corrected chi connectivity index (χ3v) is 1.89. The van der Waals surface area contributed by atoms with Crippen LogP contribution in [0.1, 0.15) is 38.6 Å². The molecule has 0 unspecified atom stereocenters. The smallest absolute Gasteiger partial charge is 0.142 e. The molecule has 1 heterocycles. The summed E-state index contributed by atoms with van der Waals surface area (Å²) >= 11 is 0. The summed E-state index contributed by atoms with van der Waals surface area (Å²) in [6.07, 6.45) is 1.53. The zero-order chi connectivity index (χ0) is 9.90. The van der Waals surface area contributed by atoms with Crippen LogP contribution >= 0.6 is 0 Å². The summed E-state index contributed by atoms with van der Waals surface area (Å²) in [4.78, 5) is 0. The molecule has 0 atom stereocenters. The van der Waals surface area contributed by atoms with E-state index in [2.05, 4.69) is 25.9 Å². The highest BCUT2D eigenvalue weighted by molar-refractivity contribution is 5.12. The SMILES string of the molecule is CC(C)(C)c1cc(CCCO)no1. The number of aryl methyl sites for hydroxylation is 1. The van der Waals surface area contributed by atoms with Gasteiger partial charge in [0.15, 0.2) is 0 Å². The van der Waals surface area contributed by atoms with E-state index in [0.717, 1.165) is 24.3 Å². The average molecular weight is 183 g/mol. The predicted molar refractivity (Wildman–Crippen MR) is 50.6 cm³/mol. The Balaban J connectivity index is 2.64. The van der Waals surface area contributed by atoms with Crippen molar-refractivity contribution in [2.45, 2.75) is 39.0 Å². The molecule has 0 aliphatic carbocycles. The number of aliphatic hydroxyl groups is 1. The molecule has 0 saturated heterocycles. The fraction of sp³-hybridized carbons (Fsp3) is 0.700. The summed E-state index contributed by atoms with van der Waals surface area (Å²) in [7, 11) is 0. The molecule has 0 fully saturated rings. The van der Waals surface area contributed by atoms with Crippen LogP contribution in [0.3, 0.4) is 0 Å². The molecule has 0 aromatic carbocycles. The van der Waals surface area contributed by atoms with Gasteiger partial charge in [-0.15, -0.1) is 0 Å². The molecule has 0 aliphatic heterocycles. The van der Waals surface area contributed by atoms with Gasteiger partial charge in [0.1, 0.15) is 5.76 Å². The summed E-state index contributed by atoms with van der Waals surface area (Å²) in [6.45, 7) is 6.47. The molecular weight excluding hydrogens is 166 g/mol. The van der Waals surface area contributed by atoms with Gasteiger partial charge in [-0.05, 0) is 12.8 Å². The molecule has 1 aromatic heterocycles. The van der Waals surface area contributed by atoms with Gasteiger partial charge in [0, 0.05) is 18.1 Å². The second kappa shape index (κ2) is 3.92. The first-order valence-corrected chi connectivity index (χ1v) is 4.61. The normalized spacial score (nSPS) is 12.0. The van der Waals surface area contributed by atoms with Crippen molar-refractivity contribution in [3.05, 3.63) is 17.5 Å². The third kappa shape index (κ3) is 2.84. The second-order valence-corrected chi connectivity index (χ2v) is 4.26. The molecule has 13 heavy (non-hydrogen) atoms. The Kier molecular flexibility index (Phi) is 3.09. The van der Waals surface area contributed by atoms with Crippen LogP contribution in [-0.4, -0.2) is 16.9 Å². The summed E-state index contributed by atoms with van der Waals surface area (Å²) in [5.74, 6) is 0.903. The van der Waals surface area contributed by atoms with Crippen LogP contribution in [-0.2, 0) is 11.8 Å². The van der Waals surface area contributed by atoms with E-state index in [-0.39, 0.29) is 12.0 Å². The highest BCUT2D eigenvalue weighted by atomic mass is 16.5. The van der Waals surface area contributed by atoms with E-state index in [4.69, 9.17) is 9.63 Å². The van der Waals surface area contributed by atoms with Crippen molar-refractivity contribution in [2.24, 2.45) is 0 Å². The summed E-state index contributed by atoms with van der Waals surface area (Å²) < 4.78 is 5.19. The maximum absolute atomic E-state index is 8.64. The molecule has 0 amide bonds. The lowest BCUT2D eigenvalue weighted by molar-refractivity contribution is 0.285. The minimum Gasteiger partial charge on any atom is -0.396 e. The maximum Gasteiger partial charge on any atom is 0.142 e. The zero-order valence-corrected chi connectivity index (χ0v) is 8.50. The van der Waals surface area contributed by atoms with Gasteiger partial charge in [0.2, 0.25) is 0 Å². The van der Waals surface area contributed by atoms with Crippen molar-refractivity contribution in [3.63, 3.8) is 0 Å². The Labute approximate surface area is 78.7 Å². The van der Waals surface area contributed by atoms with E-state index in [1.807, 2.05) is 6.07 Å². The van der Waals surface area contributed by atoms with Gasteiger partial charge >= 0.3 is 0 Å². The molecule has 3 nitrogen and oxygen atoms in total. The van der Waals surface area contributed by atoms with Crippen LogP contribution in [0.2, 0.25) is 0 Å². The quantitative estimate of drug-likeness (QED) is 0.778. The predicted octanol–water partition coefficient (Wildman–Crippen LogP) is 1.90. The minimum atomic E-state index is 0.0183. The van der Waals surface area contributed by atoms with E-state index >= 15 is 0 Å². The van der Waals surface area contributed by atoms with E-state index in [1.165, 1.54) is 0 Å². The topological polar surface area (TPSA) is 46.3 Å². The third-order valence-electron chi connectivity index (χ3n) is 1.89. The summed E-state index contributed by atoms with van der Waals surface area (Å²) in [5, 5.41) is 12.6. The molecule has 74 valence electrons. The maximum atomic E-state index is 8.64. The molecule has 3 heteroatoms. The van der Waals surface area contributed by atoms with E-state index in [9.17, 15) is 0 Å². The van der Waals surface area contributed by atoms with E-state index < -0.39 is 0 Å². The summed E-state index contributed by atoms with van der Waals surface area (Å²) in [6, 6.07) is 1.97. The molecule has 1 aromatic rings. The van der Waals surface area contributed by atoms with Gasteiger partial charge in [0.25, 0.3) is 0 Å². The van der Waals surface area contributed by atoms with E-state index in [1.54, 1.807) is 0 Å². The van der Waals surface area contributed by atoms with Crippen molar-refractivity contribution in [2.75, 3.05) is 6.61 Å². The molecule has 0 saturated carbocycles. The lowest BCUT2D eigenvalue weighted by atomic mass is 9.93. The molecular formula is C10H17NO2. The number of aliphatic hydroxyl groups excluding tert-OH is 1. The van der Waals surface area contributed by atoms with Crippen LogP contribution in [0.5, 0.6) is 0 Å². The fourth-order valence-electron chi connectivity index (χ4n) is 1.04. The highest BCUT2D eigenvalue weighted by Gasteiger charge is 2.19. The largest absolute Gasteiger partial charge is 0.396 e. The Morgan fingerprint density at radius 3 is 2.62 bits per heavy atom. The fourth-order valence-corrected chi connectivity index (χ4v) is 1.04. The minimum absolute atomic E-state index is 0.0183. The van der Waals surface area contributed by atoms with Crippen molar-refractivity contribution in [3.8, 4) is 0 Å². The number of rotatable bonds is 3. The van der Waals surface area contributed by atoms with Crippen molar-refractivity contribution in [1.29, 1.82) is 0 Å². The Morgan fingerprint density at radius 2 is 2.15 bits per heavy atom. The number of hydrogen-bond acceptors (Lipinski definition) is 3. The van der Waals surface area contributed by atoms with Crippen LogP contribution in [0.15, 0.2) is 10.6 Å². The van der Waals surface area contributed by atoms with Gasteiger partial charge in [-0.1, -0.05) is 25.9 Å². The van der Waals surface area contributed by atoms with Gasteiger partial charge < -0.3 is 9.63 Å². The number of hydrogen-bond donors (Lipinski definition) is 1. The zero-order valence-electron chi connectivity index (χ0n) is 8.50. The molecule has 1 rings (SSSR count). The average Bonchev–Trinajstić information content (AvgIpc) is 2.47. The van der Waals surface area contributed by atoms with E-state index in [0.29, 0.717) is 0 Å². The van der Waals surface area contributed by atoms with Crippen LogP contribution in [0.25, 0.3) is 0 Å². The van der Waals surface area contributed by atoms with Crippen LogP contribution in [0, 0.1) is 0 Å². The number of nitrogens with zero attached hydrogens (tertiary/aromatic N) is 1. The molecule has 0 bridgehead atoms. The molecule has 0 spiro atoms. The van der Waals surface area contributed by atoms with Gasteiger partial charge in [-0.3, -0.25) is 0 Å². The number of aromatic nitrogens is 1. The Bertz CT molecular complexity index is 260. The lowest BCUT2D eigenvalue weighted by Crippen LogP contribution is -2.09.